The zero-order chi connectivity index (χ0) is 26.8. The Bertz CT molecular complexity index is 1180. The first kappa shape index (κ1) is 26.6. The highest BCUT2D eigenvalue weighted by atomic mass is 16.5. The maximum Gasteiger partial charge on any atom is 0.246 e. The minimum atomic E-state index is -0.520. The molecule has 8 heteroatoms. The quantitative estimate of drug-likeness (QED) is 0.425. The molecule has 3 heterocycles. The van der Waals surface area contributed by atoms with Gasteiger partial charge in [-0.15, -0.1) is 0 Å². The number of H-pyrrole nitrogens is 1. The van der Waals surface area contributed by atoms with Gasteiger partial charge in [0.2, 0.25) is 17.7 Å². The van der Waals surface area contributed by atoms with Crippen molar-refractivity contribution in [2.45, 2.75) is 96.2 Å². The van der Waals surface area contributed by atoms with E-state index in [1.165, 1.54) is 6.42 Å². The summed E-state index contributed by atoms with van der Waals surface area (Å²) in [5.41, 5.74) is 3.15. The van der Waals surface area contributed by atoms with Crippen LogP contribution < -0.4 is 15.4 Å². The van der Waals surface area contributed by atoms with E-state index in [1.54, 1.807) is 7.11 Å². The first-order valence-electron chi connectivity index (χ1n) is 14.5. The number of piperazine rings is 1. The average molecular weight is 523 g/mol. The lowest BCUT2D eigenvalue weighted by molar-refractivity contribution is -0.154. The zero-order valence-electron chi connectivity index (χ0n) is 23.0. The molecule has 3 atom stereocenters. The fourth-order valence-corrected chi connectivity index (χ4v) is 6.64. The summed E-state index contributed by atoms with van der Waals surface area (Å²) >= 11 is 0. The molecule has 3 amide bonds. The van der Waals surface area contributed by atoms with E-state index in [-0.39, 0.29) is 29.7 Å². The minimum absolute atomic E-state index is 0.00776. The van der Waals surface area contributed by atoms with Crippen LogP contribution in [-0.2, 0) is 20.8 Å². The highest BCUT2D eigenvalue weighted by Gasteiger charge is 2.48. The van der Waals surface area contributed by atoms with Gasteiger partial charge in [-0.05, 0) is 62.1 Å². The van der Waals surface area contributed by atoms with Crippen molar-refractivity contribution < 1.29 is 19.1 Å². The number of hydrogen-bond donors (Lipinski definition) is 3. The van der Waals surface area contributed by atoms with E-state index in [0.717, 1.165) is 72.9 Å². The van der Waals surface area contributed by atoms with Crippen molar-refractivity contribution in [1.29, 1.82) is 0 Å². The Hall–Kier alpha value is -3.03. The standard InChI is InChI=1S/C30H42N4O4/c1-18(2)15-25-27-22(21-13-12-20(38-3)16-24(21)32-27)17-26-29(36)33-23(30(37)34(25)26)11-7-8-14-31-28(35)19-9-5-4-6-10-19/h12-13,16,18-19,23,25-26,32H,4-11,14-15,17H2,1-3H3,(H,31,35)(H,33,36). The second kappa shape index (κ2) is 11.4. The summed E-state index contributed by atoms with van der Waals surface area (Å²) < 4.78 is 5.42. The third-order valence-corrected chi connectivity index (χ3v) is 8.61. The molecule has 3 N–H and O–H groups in total. The lowest BCUT2D eigenvalue weighted by Gasteiger charge is -2.47. The first-order valence-corrected chi connectivity index (χ1v) is 14.5. The highest BCUT2D eigenvalue weighted by molar-refractivity contribution is 5.99. The summed E-state index contributed by atoms with van der Waals surface area (Å²) in [5.74, 6) is 1.41. The van der Waals surface area contributed by atoms with Crippen LogP contribution in [0.15, 0.2) is 18.2 Å². The number of aromatic nitrogens is 1. The number of amides is 3. The van der Waals surface area contributed by atoms with Crippen LogP contribution in [0.1, 0.15) is 88.9 Å². The number of fused-ring (bicyclic) bond motifs is 4. The fourth-order valence-electron chi connectivity index (χ4n) is 6.64. The number of carbonyl (C=O) groups excluding carboxylic acids is 3. The lowest BCUT2D eigenvalue weighted by atomic mass is 9.85. The molecule has 38 heavy (non-hydrogen) atoms. The number of nitrogens with one attached hydrogen (secondary N) is 3. The smallest absolute Gasteiger partial charge is 0.246 e. The molecule has 2 fully saturated rings. The SMILES string of the molecule is COc1ccc2c3c([nH]c2c1)C(CC(C)C)N1C(=O)C(CCCCNC(=O)C2CCCCC2)NC(=O)C1C3. The Morgan fingerprint density at radius 2 is 1.95 bits per heavy atom. The molecule has 8 nitrogen and oxygen atoms in total. The van der Waals surface area contributed by atoms with Crippen LogP contribution in [0.3, 0.4) is 0 Å². The molecule has 0 spiro atoms. The maximum atomic E-state index is 13.8. The van der Waals surface area contributed by atoms with Gasteiger partial charge in [0.25, 0.3) is 0 Å². The Kier molecular flexibility index (Phi) is 7.96. The summed E-state index contributed by atoms with van der Waals surface area (Å²) in [6, 6.07) is 4.79. The van der Waals surface area contributed by atoms with Crippen molar-refractivity contribution in [2.24, 2.45) is 11.8 Å². The van der Waals surface area contributed by atoms with Gasteiger partial charge in [0, 0.05) is 41.5 Å². The van der Waals surface area contributed by atoms with Gasteiger partial charge in [-0.1, -0.05) is 33.1 Å². The van der Waals surface area contributed by atoms with E-state index in [9.17, 15) is 14.4 Å². The molecule has 2 aromatic rings. The number of nitrogens with zero attached hydrogens (tertiary/aromatic N) is 1. The summed E-state index contributed by atoms with van der Waals surface area (Å²) in [7, 11) is 1.65. The number of ether oxygens (including phenoxy) is 1. The van der Waals surface area contributed by atoms with Gasteiger partial charge in [-0.25, -0.2) is 0 Å². The maximum absolute atomic E-state index is 13.8. The molecule has 206 valence electrons. The van der Waals surface area contributed by atoms with Gasteiger partial charge in [-0.2, -0.15) is 0 Å². The van der Waals surface area contributed by atoms with Gasteiger partial charge in [-0.3, -0.25) is 14.4 Å². The monoisotopic (exact) mass is 522 g/mol. The summed E-state index contributed by atoms with van der Waals surface area (Å²) in [6.45, 7) is 4.93. The van der Waals surface area contributed by atoms with Crippen molar-refractivity contribution in [3.8, 4) is 5.75 Å². The van der Waals surface area contributed by atoms with Crippen LogP contribution in [0, 0.1) is 11.8 Å². The molecule has 3 unspecified atom stereocenters. The van der Waals surface area contributed by atoms with E-state index >= 15 is 0 Å². The van der Waals surface area contributed by atoms with Gasteiger partial charge in [0.15, 0.2) is 0 Å². The fraction of sp³-hybridized carbons (Fsp3) is 0.633. The molecule has 0 bridgehead atoms. The highest BCUT2D eigenvalue weighted by Crippen LogP contribution is 2.42. The van der Waals surface area contributed by atoms with Crippen LogP contribution >= 0.6 is 0 Å². The molecule has 1 saturated carbocycles. The summed E-state index contributed by atoms with van der Waals surface area (Å²) in [5, 5.41) is 7.20. The topological polar surface area (TPSA) is 104 Å². The number of unbranched alkanes of at least 4 members (excludes halogenated alkanes) is 1. The predicted molar refractivity (Wildman–Crippen MR) is 147 cm³/mol. The van der Waals surface area contributed by atoms with Crippen LogP contribution in [0.2, 0.25) is 0 Å². The molecule has 1 aliphatic carbocycles. The lowest BCUT2D eigenvalue weighted by Crippen LogP contribution is -2.65. The Balaban J connectivity index is 1.27. The second-order valence-corrected chi connectivity index (χ2v) is 11.7. The van der Waals surface area contributed by atoms with Gasteiger partial charge in [0.05, 0.1) is 13.2 Å². The average Bonchev–Trinajstić information content (AvgIpc) is 3.28. The van der Waals surface area contributed by atoms with E-state index in [2.05, 4.69) is 29.5 Å². The first-order chi connectivity index (χ1) is 18.4. The van der Waals surface area contributed by atoms with Gasteiger partial charge >= 0.3 is 0 Å². The minimum Gasteiger partial charge on any atom is -0.497 e. The van der Waals surface area contributed by atoms with Crippen molar-refractivity contribution >= 4 is 28.6 Å². The number of carbonyl (C=O) groups is 3. The van der Waals surface area contributed by atoms with Crippen LogP contribution in [0.5, 0.6) is 5.75 Å². The van der Waals surface area contributed by atoms with Crippen molar-refractivity contribution in [1.82, 2.24) is 20.5 Å². The molecule has 2 aliphatic heterocycles. The molecule has 3 aliphatic rings. The molecular weight excluding hydrogens is 480 g/mol. The number of rotatable bonds is 9. The van der Waals surface area contributed by atoms with Crippen LogP contribution in [0.25, 0.3) is 10.9 Å². The molecule has 0 radical (unpaired) electrons. The molecule has 1 saturated heterocycles. The Labute approximate surface area is 225 Å². The van der Waals surface area contributed by atoms with E-state index < -0.39 is 12.1 Å². The second-order valence-electron chi connectivity index (χ2n) is 11.7. The van der Waals surface area contributed by atoms with Gasteiger partial charge < -0.3 is 25.3 Å². The van der Waals surface area contributed by atoms with E-state index in [0.29, 0.717) is 25.3 Å². The number of aromatic amines is 1. The normalized spacial score (nSPS) is 23.8. The molecule has 1 aromatic heterocycles. The van der Waals surface area contributed by atoms with E-state index in [4.69, 9.17) is 4.74 Å². The van der Waals surface area contributed by atoms with E-state index in [1.807, 2.05) is 23.1 Å². The number of hydrogen-bond acceptors (Lipinski definition) is 4. The van der Waals surface area contributed by atoms with Crippen LogP contribution in [-0.4, -0.2) is 53.3 Å². The summed E-state index contributed by atoms with van der Waals surface area (Å²) in [4.78, 5) is 45.0. The third kappa shape index (κ3) is 5.27. The predicted octanol–water partition coefficient (Wildman–Crippen LogP) is 4.38. The molecule has 5 rings (SSSR count). The Morgan fingerprint density at radius 3 is 2.68 bits per heavy atom. The van der Waals surface area contributed by atoms with Gasteiger partial charge in [0.1, 0.15) is 17.8 Å². The number of benzene rings is 1. The zero-order valence-corrected chi connectivity index (χ0v) is 23.0. The Morgan fingerprint density at radius 1 is 1.16 bits per heavy atom. The number of methoxy groups -OCH3 is 1. The van der Waals surface area contributed by atoms with Crippen molar-refractivity contribution in [2.75, 3.05) is 13.7 Å². The molecule has 1 aromatic carbocycles. The molecular formula is C30H42N4O4. The summed E-state index contributed by atoms with van der Waals surface area (Å²) in [6.07, 6.45) is 8.95. The third-order valence-electron chi connectivity index (χ3n) is 8.61. The van der Waals surface area contributed by atoms with Crippen LogP contribution in [0.4, 0.5) is 0 Å². The largest absolute Gasteiger partial charge is 0.497 e. The van der Waals surface area contributed by atoms with Crippen molar-refractivity contribution in [3.05, 3.63) is 29.5 Å². The van der Waals surface area contributed by atoms with Crippen molar-refractivity contribution in [3.63, 3.8) is 0 Å².